The van der Waals surface area contributed by atoms with Crippen molar-refractivity contribution in [2.45, 2.75) is 45.2 Å². The zero-order chi connectivity index (χ0) is 26.1. The maximum absolute atomic E-state index is 13.8. The second-order valence-electron chi connectivity index (χ2n) is 9.74. The van der Waals surface area contributed by atoms with Crippen LogP contribution in [0.25, 0.3) is 11.5 Å². The summed E-state index contributed by atoms with van der Waals surface area (Å²) in [6, 6.07) is 9.16. The number of nitrogens with two attached hydrogens (primary N) is 1. The molecule has 3 N–H and O–H groups in total. The van der Waals surface area contributed by atoms with Gasteiger partial charge in [-0.3, -0.25) is 14.8 Å². The SMILES string of the molecule is CC[C@H]1CN(c2ccc(-c3nc(N)n[nH]3)nc2C)CCN1C1CCN(C(=O)c2ccc(Cl)c(F)c2)CC1. The third-order valence-corrected chi connectivity index (χ3v) is 7.84. The fourth-order valence-electron chi connectivity index (χ4n) is 5.55. The first kappa shape index (κ1) is 25.4. The Morgan fingerprint density at radius 2 is 1.95 bits per heavy atom. The van der Waals surface area contributed by atoms with Gasteiger partial charge in [-0.1, -0.05) is 18.5 Å². The highest BCUT2D eigenvalue weighted by Gasteiger charge is 2.34. The summed E-state index contributed by atoms with van der Waals surface area (Å²) >= 11 is 5.77. The van der Waals surface area contributed by atoms with Crippen LogP contribution in [0.4, 0.5) is 16.0 Å². The highest BCUT2D eigenvalue weighted by Crippen LogP contribution is 2.29. The number of hydrogen-bond donors (Lipinski definition) is 2. The van der Waals surface area contributed by atoms with Crippen molar-refractivity contribution in [2.24, 2.45) is 0 Å². The molecule has 196 valence electrons. The summed E-state index contributed by atoms with van der Waals surface area (Å²) in [5.41, 5.74) is 8.78. The van der Waals surface area contributed by atoms with Crippen LogP contribution in [-0.4, -0.2) is 80.7 Å². The predicted molar refractivity (Wildman–Crippen MR) is 142 cm³/mol. The number of carbonyl (C=O) groups excluding carboxylic acids is 1. The number of piperidine rings is 1. The van der Waals surface area contributed by atoms with E-state index in [0.717, 1.165) is 56.0 Å². The molecule has 1 atom stereocenters. The quantitative estimate of drug-likeness (QED) is 0.521. The number of likely N-dealkylation sites (tertiary alicyclic amines) is 1. The lowest BCUT2D eigenvalue weighted by Gasteiger charge is -2.48. The first-order valence-electron chi connectivity index (χ1n) is 12.7. The second-order valence-corrected chi connectivity index (χ2v) is 10.1. The number of piperazine rings is 1. The van der Waals surface area contributed by atoms with Gasteiger partial charge in [-0.15, -0.1) is 5.10 Å². The first-order valence-corrected chi connectivity index (χ1v) is 13.1. The highest BCUT2D eigenvalue weighted by atomic mass is 35.5. The molecule has 2 aliphatic rings. The topological polar surface area (TPSA) is 107 Å². The number of hydrogen-bond acceptors (Lipinski definition) is 7. The number of rotatable bonds is 5. The van der Waals surface area contributed by atoms with Crippen LogP contribution < -0.4 is 10.6 Å². The molecule has 0 spiro atoms. The summed E-state index contributed by atoms with van der Waals surface area (Å²) in [6.45, 7) is 8.39. The van der Waals surface area contributed by atoms with Gasteiger partial charge in [0.2, 0.25) is 5.95 Å². The van der Waals surface area contributed by atoms with Crippen LogP contribution in [0.5, 0.6) is 0 Å². The molecule has 0 unspecified atom stereocenters. The van der Waals surface area contributed by atoms with Crippen molar-refractivity contribution in [1.29, 1.82) is 0 Å². The van der Waals surface area contributed by atoms with Gasteiger partial charge in [0.05, 0.1) is 16.4 Å². The van der Waals surface area contributed by atoms with Crippen molar-refractivity contribution in [1.82, 2.24) is 30.0 Å². The molecule has 0 saturated carbocycles. The molecule has 0 radical (unpaired) electrons. The van der Waals surface area contributed by atoms with Gasteiger partial charge in [0.1, 0.15) is 11.5 Å². The number of pyridine rings is 1. The summed E-state index contributed by atoms with van der Waals surface area (Å²) in [7, 11) is 0. The smallest absolute Gasteiger partial charge is 0.253 e. The second kappa shape index (κ2) is 10.6. The van der Waals surface area contributed by atoms with Crippen LogP contribution in [0.2, 0.25) is 5.02 Å². The number of anilines is 2. The fraction of sp³-hybridized carbons (Fsp3) is 0.462. The molecule has 4 heterocycles. The monoisotopic (exact) mass is 526 g/mol. The normalized spacial score (nSPS) is 19.4. The average Bonchev–Trinajstić information content (AvgIpc) is 3.36. The number of aryl methyl sites for hydroxylation is 1. The molecule has 1 aromatic carbocycles. The van der Waals surface area contributed by atoms with Crippen molar-refractivity contribution >= 4 is 29.1 Å². The molecule has 3 aromatic rings. The van der Waals surface area contributed by atoms with Crippen LogP contribution >= 0.6 is 11.6 Å². The lowest BCUT2D eigenvalue weighted by molar-refractivity contribution is 0.0491. The summed E-state index contributed by atoms with van der Waals surface area (Å²) in [6.07, 6.45) is 2.86. The van der Waals surface area contributed by atoms with E-state index in [4.69, 9.17) is 22.3 Å². The largest absolute Gasteiger partial charge is 0.367 e. The number of benzene rings is 1. The summed E-state index contributed by atoms with van der Waals surface area (Å²) < 4.78 is 13.8. The van der Waals surface area contributed by atoms with Crippen molar-refractivity contribution in [2.75, 3.05) is 43.4 Å². The van der Waals surface area contributed by atoms with Gasteiger partial charge < -0.3 is 15.5 Å². The van der Waals surface area contributed by atoms with Crippen LogP contribution in [0.15, 0.2) is 30.3 Å². The van der Waals surface area contributed by atoms with Crippen LogP contribution in [0.3, 0.4) is 0 Å². The summed E-state index contributed by atoms with van der Waals surface area (Å²) in [4.78, 5) is 28.7. The minimum Gasteiger partial charge on any atom is -0.367 e. The number of carbonyl (C=O) groups is 1. The van der Waals surface area contributed by atoms with Crippen LogP contribution in [0.1, 0.15) is 42.2 Å². The number of nitrogen functional groups attached to an aromatic ring is 1. The molecule has 2 aromatic heterocycles. The Kier molecular flexibility index (Phi) is 7.30. The standard InChI is InChI=1S/C26H32ClFN8O/c1-3-18-15-35(23-7-6-22(30-16(23)2)24-31-26(29)33-32-24)12-13-36(18)19-8-10-34(11-9-19)25(37)17-4-5-20(27)21(28)14-17/h4-7,14,18-19H,3,8-13,15H2,1-2H3,(H3,29,31,32,33)/t18-/m0/s1. The lowest BCUT2D eigenvalue weighted by atomic mass is 9.97. The number of aromatic amines is 1. The molecule has 37 heavy (non-hydrogen) atoms. The van der Waals surface area contributed by atoms with E-state index in [1.807, 2.05) is 17.9 Å². The molecule has 2 fully saturated rings. The zero-order valence-corrected chi connectivity index (χ0v) is 21.9. The molecule has 1 amide bonds. The van der Waals surface area contributed by atoms with Gasteiger partial charge in [-0.05, 0) is 56.5 Å². The Balaban J connectivity index is 1.20. The Hall–Kier alpha value is -3.24. The van der Waals surface area contributed by atoms with E-state index in [1.165, 1.54) is 12.1 Å². The van der Waals surface area contributed by atoms with Gasteiger partial charge in [0.15, 0.2) is 5.82 Å². The summed E-state index contributed by atoms with van der Waals surface area (Å²) in [5, 5.41) is 6.73. The van der Waals surface area contributed by atoms with E-state index in [-0.39, 0.29) is 16.9 Å². The molecule has 2 aliphatic heterocycles. The molecule has 5 rings (SSSR count). The van der Waals surface area contributed by atoms with Crippen molar-refractivity contribution in [3.05, 3.63) is 52.4 Å². The number of aromatic nitrogens is 4. The maximum Gasteiger partial charge on any atom is 0.253 e. The maximum atomic E-state index is 13.8. The third-order valence-electron chi connectivity index (χ3n) is 7.53. The molecule has 0 aliphatic carbocycles. The lowest BCUT2D eigenvalue weighted by Crippen LogP contribution is -2.58. The number of amides is 1. The first-order chi connectivity index (χ1) is 17.8. The Morgan fingerprint density at radius 3 is 2.59 bits per heavy atom. The third kappa shape index (κ3) is 5.26. The van der Waals surface area contributed by atoms with E-state index < -0.39 is 5.82 Å². The zero-order valence-electron chi connectivity index (χ0n) is 21.1. The van der Waals surface area contributed by atoms with Gasteiger partial charge in [-0.25, -0.2) is 9.37 Å². The predicted octanol–water partition coefficient (Wildman–Crippen LogP) is 3.76. The molecular formula is C26H32ClFN8O. The molecule has 2 saturated heterocycles. The molecule has 11 heteroatoms. The van der Waals surface area contributed by atoms with E-state index in [2.05, 4.69) is 38.0 Å². The van der Waals surface area contributed by atoms with Crippen LogP contribution in [-0.2, 0) is 0 Å². The van der Waals surface area contributed by atoms with Gasteiger partial charge in [-0.2, -0.15) is 4.98 Å². The fourth-order valence-corrected chi connectivity index (χ4v) is 5.67. The summed E-state index contributed by atoms with van der Waals surface area (Å²) in [5.74, 6) is 0.0723. The van der Waals surface area contributed by atoms with Crippen molar-refractivity contribution < 1.29 is 9.18 Å². The molecule has 0 bridgehead atoms. The van der Waals surface area contributed by atoms with Crippen molar-refractivity contribution in [3.8, 4) is 11.5 Å². The van der Waals surface area contributed by atoms with E-state index >= 15 is 0 Å². The van der Waals surface area contributed by atoms with E-state index in [0.29, 0.717) is 36.6 Å². The Labute approximate surface area is 220 Å². The number of nitrogens with zero attached hydrogens (tertiary/aromatic N) is 6. The Bertz CT molecular complexity index is 1280. The van der Waals surface area contributed by atoms with Crippen LogP contribution in [0, 0.1) is 12.7 Å². The number of halogens is 2. The van der Waals surface area contributed by atoms with Crippen molar-refractivity contribution in [3.63, 3.8) is 0 Å². The van der Waals surface area contributed by atoms with E-state index in [1.54, 1.807) is 6.07 Å². The minimum atomic E-state index is -0.561. The van der Waals surface area contributed by atoms with Gasteiger partial charge >= 0.3 is 0 Å². The number of nitrogens with one attached hydrogen (secondary N) is 1. The molecular weight excluding hydrogens is 495 g/mol. The average molecular weight is 527 g/mol. The van der Waals surface area contributed by atoms with Gasteiger partial charge in [0.25, 0.3) is 5.91 Å². The van der Waals surface area contributed by atoms with E-state index in [9.17, 15) is 9.18 Å². The molecule has 9 nitrogen and oxygen atoms in total. The Morgan fingerprint density at radius 1 is 1.16 bits per heavy atom. The minimum absolute atomic E-state index is 0.0296. The highest BCUT2D eigenvalue weighted by molar-refractivity contribution is 6.30. The number of H-pyrrole nitrogens is 1. The van der Waals surface area contributed by atoms with Gasteiger partial charge in [0, 0.05) is 50.4 Å².